The van der Waals surface area contributed by atoms with E-state index in [1.165, 1.54) is 0 Å². The zero-order valence-corrected chi connectivity index (χ0v) is 13.7. The van der Waals surface area contributed by atoms with Crippen LogP contribution in [-0.2, 0) is 6.42 Å². The summed E-state index contributed by atoms with van der Waals surface area (Å²) in [6.45, 7) is 6.83. The molecule has 118 valence electrons. The first-order valence-corrected chi connectivity index (χ1v) is 7.14. The molecule has 0 aliphatic carbocycles. The maximum atomic E-state index is 5.84. The van der Waals surface area contributed by atoms with Gasteiger partial charge in [0, 0.05) is 12.1 Å². The summed E-state index contributed by atoms with van der Waals surface area (Å²) in [5.74, 6) is 2.20. The lowest BCUT2D eigenvalue weighted by molar-refractivity contribution is 0.398. The summed E-state index contributed by atoms with van der Waals surface area (Å²) in [6, 6.07) is 5.82. The molecular formula is C16H27N3O2. The number of methoxy groups -OCH3 is 2. The molecule has 3 N–H and O–H groups in total. The molecular weight excluding hydrogens is 266 g/mol. The van der Waals surface area contributed by atoms with Gasteiger partial charge in [0.25, 0.3) is 0 Å². The second-order valence-electron chi connectivity index (χ2n) is 5.92. The van der Waals surface area contributed by atoms with Crippen molar-refractivity contribution in [1.82, 2.24) is 5.32 Å². The number of nitrogens with zero attached hydrogens (tertiary/aromatic N) is 1. The van der Waals surface area contributed by atoms with Crippen LogP contribution in [-0.4, -0.2) is 32.3 Å². The highest BCUT2D eigenvalue weighted by molar-refractivity contribution is 5.78. The van der Waals surface area contributed by atoms with Gasteiger partial charge in [-0.25, -0.2) is 0 Å². The minimum Gasteiger partial charge on any atom is -0.497 e. The van der Waals surface area contributed by atoms with Gasteiger partial charge >= 0.3 is 0 Å². The van der Waals surface area contributed by atoms with Crippen LogP contribution in [0.5, 0.6) is 11.5 Å². The topological polar surface area (TPSA) is 68.9 Å². The van der Waals surface area contributed by atoms with Crippen molar-refractivity contribution in [1.29, 1.82) is 0 Å². The summed E-state index contributed by atoms with van der Waals surface area (Å²) in [4.78, 5) is 4.33. The monoisotopic (exact) mass is 293 g/mol. The number of hydrogen-bond acceptors (Lipinski definition) is 3. The van der Waals surface area contributed by atoms with Crippen molar-refractivity contribution in [3.05, 3.63) is 23.8 Å². The van der Waals surface area contributed by atoms with Gasteiger partial charge in [-0.3, -0.25) is 4.99 Å². The van der Waals surface area contributed by atoms with Crippen LogP contribution in [0.15, 0.2) is 23.2 Å². The predicted molar refractivity (Wildman–Crippen MR) is 87.2 cm³/mol. The van der Waals surface area contributed by atoms with Crippen LogP contribution in [0.2, 0.25) is 0 Å². The molecule has 21 heavy (non-hydrogen) atoms. The number of aliphatic imine (C=N–C) groups is 1. The average molecular weight is 293 g/mol. The lowest BCUT2D eigenvalue weighted by Gasteiger charge is -2.21. The van der Waals surface area contributed by atoms with Gasteiger partial charge in [0.1, 0.15) is 11.5 Å². The lowest BCUT2D eigenvalue weighted by Crippen LogP contribution is -2.45. The minimum absolute atomic E-state index is 0.0659. The van der Waals surface area contributed by atoms with Crippen molar-refractivity contribution in [3.63, 3.8) is 0 Å². The van der Waals surface area contributed by atoms with E-state index in [1.54, 1.807) is 14.2 Å². The molecule has 0 radical (unpaired) electrons. The van der Waals surface area contributed by atoms with E-state index in [2.05, 4.69) is 31.1 Å². The molecule has 5 heteroatoms. The zero-order valence-electron chi connectivity index (χ0n) is 13.7. The number of nitrogens with two attached hydrogens (primary N) is 1. The number of ether oxygens (including phenoxy) is 2. The van der Waals surface area contributed by atoms with Crippen molar-refractivity contribution in [2.75, 3.05) is 20.8 Å². The van der Waals surface area contributed by atoms with E-state index in [9.17, 15) is 0 Å². The van der Waals surface area contributed by atoms with E-state index in [0.29, 0.717) is 12.5 Å². The molecule has 0 atom stereocenters. The summed E-state index contributed by atoms with van der Waals surface area (Å²) in [5.41, 5.74) is 6.89. The number of rotatable bonds is 6. The van der Waals surface area contributed by atoms with Gasteiger partial charge < -0.3 is 20.5 Å². The number of hydrogen-bond donors (Lipinski definition) is 2. The molecule has 0 saturated carbocycles. The van der Waals surface area contributed by atoms with Crippen molar-refractivity contribution in [2.45, 2.75) is 39.2 Å². The molecule has 1 aromatic carbocycles. The van der Waals surface area contributed by atoms with Crippen LogP contribution in [0.3, 0.4) is 0 Å². The molecule has 0 saturated heterocycles. The Hall–Kier alpha value is -1.91. The highest BCUT2D eigenvalue weighted by atomic mass is 16.5. The van der Waals surface area contributed by atoms with Crippen molar-refractivity contribution in [3.8, 4) is 11.5 Å². The van der Waals surface area contributed by atoms with Crippen LogP contribution >= 0.6 is 0 Å². The Kier molecular flexibility index (Phi) is 6.34. The first-order valence-electron chi connectivity index (χ1n) is 7.14. The van der Waals surface area contributed by atoms with Crippen molar-refractivity contribution >= 4 is 5.96 Å². The zero-order chi connectivity index (χ0) is 15.9. The normalized spacial score (nSPS) is 12.1. The van der Waals surface area contributed by atoms with Gasteiger partial charge in [-0.2, -0.15) is 0 Å². The molecule has 0 heterocycles. The summed E-state index contributed by atoms with van der Waals surface area (Å²) in [6.07, 6.45) is 1.77. The van der Waals surface area contributed by atoms with Crippen LogP contribution in [0, 0.1) is 0 Å². The average Bonchev–Trinajstić information content (AvgIpc) is 2.41. The Labute approximate surface area is 127 Å². The third-order valence-corrected chi connectivity index (χ3v) is 2.88. The summed E-state index contributed by atoms with van der Waals surface area (Å²) in [7, 11) is 3.34. The Balaban J connectivity index is 2.54. The van der Waals surface area contributed by atoms with Crippen LogP contribution < -0.4 is 20.5 Å². The number of aryl methyl sites for hydroxylation is 1. The quantitative estimate of drug-likeness (QED) is 0.480. The number of nitrogens with one attached hydrogen (secondary N) is 1. The van der Waals surface area contributed by atoms with Gasteiger partial charge in [0.2, 0.25) is 0 Å². The molecule has 0 amide bonds. The van der Waals surface area contributed by atoms with Gasteiger partial charge in [-0.05, 0) is 57.4 Å². The maximum absolute atomic E-state index is 5.84. The largest absolute Gasteiger partial charge is 0.497 e. The number of guanidine groups is 1. The maximum Gasteiger partial charge on any atom is 0.188 e. The summed E-state index contributed by atoms with van der Waals surface area (Å²) < 4.78 is 10.6. The fraction of sp³-hybridized carbons (Fsp3) is 0.562. The van der Waals surface area contributed by atoms with Crippen molar-refractivity contribution < 1.29 is 9.47 Å². The third kappa shape index (κ3) is 6.38. The third-order valence-electron chi connectivity index (χ3n) is 2.88. The van der Waals surface area contributed by atoms with Crippen LogP contribution in [0.1, 0.15) is 32.8 Å². The van der Waals surface area contributed by atoms with E-state index in [1.807, 2.05) is 18.2 Å². The fourth-order valence-electron chi connectivity index (χ4n) is 1.97. The van der Waals surface area contributed by atoms with Crippen LogP contribution in [0.25, 0.3) is 0 Å². The molecule has 0 bridgehead atoms. The molecule has 1 aromatic rings. The SMILES string of the molecule is COc1ccc(OC)c(CCCN=C(N)NC(C)(C)C)c1. The Morgan fingerprint density at radius 3 is 2.52 bits per heavy atom. The molecule has 5 nitrogen and oxygen atoms in total. The first kappa shape index (κ1) is 17.1. The highest BCUT2D eigenvalue weighted by Crippen LogP contribution is 2.24. The lowest BCUT2D eigenvalue weighted by atomic mass is 10.1. The van der Waals surface area contributed by atoms with E-state index < -0.39 is 0 Å². The Morgan fingerprint density at radius 1 is 1.24 bits per heavy atom. The van der Waals surface area contributed by atoms with Crippen LogP contribution in [0.4, 0.5) is 0 Å². The molecule has 0 fully saturated rings. The second-order valence-corrected chi connectivity index (χ2v) is 5.92. The summed E-state index contributed by atoms with van der Waals surface area (Å²) >= 11 is 0. The fourth-order valence-corrected chi connectivity index (χ4v) is 1.97. The standard InChI is InChI=1S/C16H27N3O2/c1-16(2,3)19-15(17)18-10-6-7-12-11-13(20-4)8-9-14(12)21-5/h8-9,11H,6-7,10H2,1-5H3,(H3,17,18,19). The van der Waals surface area contributed by atoms with Gasteiger partial charge in [-0.15, -0.1) is 0 Å². The Bertz CT molecular complexity index is 479. The number of benzene rings is 1. The van der Waals surface area contributed by atoms with E-state index in [4.69, 9.17) is 15.2 Å². The Morgan fingerprint density at radius 2 is 1.95 bits per heavy atom. The summed E-state index contributed by atoms with van der Waals surface area (Å²) in [5, 5.41) is 3.14. The van der Waals surface area contributed by atoms with E-state index in [-0.39, 0.29) is 5.54 Å². The smallest absolute Gasteiger partial charge is 0.188 e. The molecule has 0 aliphatic heterocycles. The van der Waals surface area contributed by atoms with E-state index >= 15 is 0 Å². The molecule has 0 spiro atoms. The molecule has 1 rings (SSSR count). The van der Waals surface area contributed by atoms with Gasteiger partial charge in [-0.1, -0.05) is 0 Å². The molecule has 0 unspecified atom stereocenters. The first-order chi connectivity index (χ1) is 9.85. The predicted octanol–water partition coefficient (Wildman–Crippen LogP) is 2.34. The van der Waals surface area contributed by atoms with Gasteiger partial charge in [0.05, 0.1) is 14.2 Å². The highest BCUT2D eigenvalue weighted by Gasteiger charge is 2.09. The minimum atomic E-state index is -0.0659. The molecule has 0 aliphatic rings. The molecule has 0 aromatic heterocycles. The van der Waals surface area contributed by atoms with Crippen molar-refractivity contribution in [2.24, 2.45) is 10.7 Å². The van der Waals surface area contributed by atoms with Gasteiger partial charge in [0.15, 0.2) is 5.96 Å². The van der Waals surface area contributed by atoms with E-state index in [0.717, 1.165) is 29.9 Å². The second kappa shape index (κ2) is 7.76.